The lowest BCUT2D eigenvalue weighted by Crippen LogP contribution is -2.36. The van der Waals surface area contributed by atoms with Gasteiger partial charge in [-0.1, -0.05) is 18.2 Å². The van der Waals surface area contributed by atoms with E-state index in [1.165, 1.54) is 0 Å². The molecule has 1 saturated heterocycles. The largest absolute Gasteiger partial charge is 0.442 e. The number of fused-ring (bicyclic) bond motifs is 1. The van der Waals surface area contributed by atoms with E-state index in [4.69, 9.17) is 4.74 Å². The molecule has 6 heteroatoms. The topological polar surface area (TPSA) is 74.4 Å². The first kappa shape index (κ1) is 15.4. The van der Waals surface area contributed by atoms with Crippen LogP contribution in [-0.2, 0) is 16.0 Å². The molecule has 6 nitrogen and oxygen atoms in total. The fraction of sp³-hybridized carbons (Fsp3) is 0.412. The average molecular weight is 315 g/mol. The third-order valence-corrected chi connectivity index (χ3v) is 4.08. The van der Waals surface area contributed by atoms with Crippen molar-refractivity contribution in [2.75, 3.05) is 13.1 Å². The van der Waals surface area contributed by atoms with Crippen molar-refractivity contribution in [3.05, 3.63) is 36.0 Å². The van der Waals surface area contributed by atoms with Crippen LogP contribution in [0.2, 0.25) is 0 Å². The number of amides is 2. The lowest BCUT2D eigenvalue weighted by Gasteiger charge is -2.16. The van der Waals surface area contributed by atoms with Crippen LogP contribution in [0.25, 0.3) is 10.9 Å². The van der Waals surface area contributed by atoms with Gasteiger partial charge in [0.1, 0.15) is 6.10 Å². The van der Waals surface area contributed by atoms with Crippen LogP contribution in [0, 0.1) is 0 Å². The number of cyclic esters (lactones) is 1. The first-order valence-electron chi connectivity index (χ1n) is 7.83. The molecule has 2 amide bonds. The summed E-state index contributed by atoms with van der Waals surface area (Å²) in [5, 5.41) is 3.91. The number of rotatable bonds is 5. The van der Waals surface area contributed by atoms with Gasteiger partial charge in [-0.3, -0.25) is 4.79 Å². The Morgan fingerprint density at radius 3 is 2.96 bits per heavy atom. The zero-order valence-electron chi connectivity index (χ0n) is 13.3. The molecule has 1 aromatic carbocycles. The van der Waals surface area contributed by atoms with Crippen molar-refractivity contribution in [3.8, 4) is 0 Å². The molecule has 1 aliphatic heterocycles. The monoisotopic (exact) mass is 315 g/mol. The molecule has 0 aliphatic carbocycles. The van der Waals surface area contributed by atoms with E-state index in [1.54, 1.807) is 4.90 Å². The van der Waals surface area contributed by atoms with Gasteiger partial charge in [-0.15, -0.1) is 0 Å². The minimum absolute atomic E-state index is 0.0752. The second-order valence-corrected chi connectivity index (χ2v) is 6.09. The highest BCUT2D eigenvalue weighted by Crippen LogP contribution is 2.18. The average Bonchev–Trinajstić information content (AvgIpc) is 3.09. The molecular weight excluding hydrogens is 294 g/mol. The Morgan fingerprint density at radius 2 is 2.22 bits per heavy atom. The maximum atomic E-state index is 12.1. The SMILES string of the molecule is CC(C)N1CC(CNC(=O)Cc2c[nH]c3ccccc23)OC1=O. The Kier molecular flexibility index (Phi) is 4.23. The fourth-order valence-electron chi connectivity index (χ4n) is 2.81. The van der Waals surface area contributed by atoms with E-state index in [9.17, 15) is 9.59 Å². The minimum Gasteiger partial charge on any atom is -0.442 e. The van der Waals surface area contributed by atoms with Crippen LogP contribution in [0.3, 0.4) is 0 Å². The summed E-state index contributed by atoms with van der Waals surface area (Å²) in [6, 6.07) is 7.99. The Morgan fingerprint density at radius 1 is 1.43 bits per heavy atom. The number of para-hydroxylation sites is 1. The molecule has 0 saturated carbocycles. The number of nitrogens with one attached hydrogen (secondary N) is 2. The van der Waals surface area contributed by atoms with E-state index in [-0.39, 0.29) is 24.1 Å². The van der Waals surface area contributed by atoms with Gasteiger partial charge in [0, 0.05) is 23.1 Å². The number of aromatic nitrogens is 1. The van der Waals surface area contributed by atoms with Gasteiger partial charge in [-0.25, -0.2) is 4.79 Å². The van der Waals surface area contributed by atoms with E-state index in [0.717, 1.165) is 16.5 Å². The van der Waals surface area contributed by atoms with E-state index in [2.05, 4.69) is 10.3 Å². The van der Waals surface area contributed by atoms with Crippen LogP contribution in [0.4, 0.5) is 4.79 Å². The number of benzene rings is 1. The van der Waals surface area contributed by atoms with Gasteiger partial charge in [-0.2, -0.15) is 0 Å². The predicted molar refractivity (Wildman–Crippen MR) is 87.1 cm³/mol. The Labute approximate surface area is 134 Å². The van der Waals surface area contributed by atoms with Crippen molar-refractivity contribution in [3.63, 3.8) is 0 Å². The first-order chi connectivity index (χ1) is 11.0. The van der Waals surface area contributed by atoms with Crippen LogP contribution in [0.5, 0.6) is 0 Å². The minimum atomic E-state index is -0.309. The van der Waals surface area contributed by atoms with Gasteiger partial charge in [0.25, 0.3) is 0 Å². The molecule has 3 rings (SSSR count). The quantitative estimate of drug-likeness (QED) is 0.887. The highest BCUT2D eigenvalue weighted by Gasteiger charge is 2.32. The highest BCUT2D eigenvalue weighted by molar-refractivity contribution is 5.88. The molecular formula is C17H21N3O3. The van der Waals surface area contributed by atoms with E-state index in [1.807, 2.05) is 44.3 Å². The summed E-state index contributed by atoms with van der Waals surface area (Å²) in [7, 11) is 0. The maximum absolute atomic E-state index is 12.1. The summed E-state index contributed by atoms with van der Waals surface area (Å²) < 4.78 is 5.26. The van der Waals surface area contributed by atoms with Crippen LogP contribution >= 0.6 is 0 Å². The zero-order valence-corrected chi connectivity index (χ0v) is 13.3. The van der Waals surface area contributed by atoms with Crippen molar-refractivity contribution < 1.29 is 14.3 Å². The summed E-state index contributed by atoms with van der Waals surface area (Å²) in [5.74, 6) is -0.0752. The summed E-state index contributed by atoms with van der Waals surface area (Å²) >= 11 is 0. The number of H-pyrrole nitrogens is 1. The Balaban J connectivity index is 1.53. The summed E-state index contributed by atoms with van der Waals surface area (Å²) in [4.78, 5) is 28.6. The normalized spacial score (nSPS) is 17.8. The Bertz CT molecular complexity index is 723. The van der Waals surface area contributed by atoms with Gasteiger partial charge in [0.2, 0.25) is 5.91 Å². The number of nitrogens with zero attached hydrogens (tertiary/aromatic N) is 1. The lowest BCUT2D eigenvalue weighted by atomic mass is 10.1. The van der Waals surface area contributed by atoms with Crippen molar-refractivity contribution in [1.82, 2.24) is 15.2 Å². The molecule has 122 valence electrons. The summed E-state index contributed by atoms with van der Waals surface area (Å²) in [5.41, 5.74) is 1.98. The second-order valence-electron chi connectivity index (χ2n) is 6.09. The van der Waals surface area contributed by atoms with E-state index in [0.29, 0.717) is 19.5 Å². The number of carbonyl (C=O) groups is 2. The number of hydrogen-bond donors (Lipinski definition) is 2. The van der Waals surface area contributed by atoms with Crippen LogP contribution in [0.1, 0.15) is 19.4 Å². The molecule has 1 fully saturated rings. The maximum Gasteiger partial charge on any atom is 0.410 e. The zero-order chi connectivity index (χ0) is 16.4. The van der Waals surface area contributed by atoms with Crippen LogP contribution in [0.15, 0.2) is 30.5 Å². The molecule has 2 heterocycles. The standard InChI is InChI=1S/C17H21N3O3/c1-11(2)20-10-13(23-17(20)22)9-19-16(21)7-12-8-18-15-6-4-3-5-14(12)15/h3-6,8,11,13,18H,7,9-10H2,1-2H3,(H,19,21). The predicted octanol–water partition coefficient (Wildman–Crippen LogP) is 2.06. The summed E-state index contributed by atoms with van der Waals surface area (Å²) in [6.45, 7) is 4.75. The first-order valence-corrected chi connectivity index (χ1v) is 7.83. The number of hydrogen-bond acceptors (Lipinski definition) is 3. The molecule has 0 bridgehead atoms. The van der Waals surface area contributed by atoms with Crippen molar-refractivity contribution in [2.45, 2.75) is 32.4 Å². The molecule has 2 N–H and O–H groups in total. The van der Waals surface area contributed by atoms with Gasteiger partial charge < -0.3 is 19.9 Å². The molecule has 23 heavy (non-hydrogen) atoms. The van der Waals surface area contributed by atoms with Crippen molar-refractivity contribution in [2.24, 2.45) is 0 Å². The molecule has 1 aromatic heterocycles. The fourth-order valence-corrected chi connectivity index (χ4v) is 2.81. The van der Waals surface area contributed by atoms with Gasteiger partial charge in [0.05, 0.1) is 19.5 Å². The van der Waals surface area contributed by atoms with Gasteiger partial charge in [0.15, 0.2) is 0 Å². The molecule has 1 aliphatic rings. The highest BCUT2D eigenvalue weighted by atomic mass is 16.6. The van der Waals surface area contributed by atoms with Crippen LogP contribution in [-0.4, -0.2) is 47.1 Å². The second kappa shape index (κ2) is 6.32. The number of aromatic amines is 1. The molecule has 1 atom stereocenters. The molecule has 2 aromatic rings. The smallest absolute Gasteiger partial charge is 0.410 e. The van der Waals surface area contributed by atoms with Crippen LogP contribution < -0.4 is 5.32 Å². The van der Waals surface area contributed by atoms with Gasteiger partial charge >= 0.3 is 6.09 Å². The number of ether oxygens (including phenoxy) is 1. The van der Waals surface area contributed by atoms with Crippen molar-refractivity contribution >= 4 is 22.9 Å². The molecule has 0 radical (unpaired) electrons. The lowest BCUT2D eigenvalue weighted by molar-refractivity contribution is -0.120. The number of carbonyl (C=O) groups excluding carboxylic acids is 2. The summed E-state index contributed by atoms with van der Waals surface area (Å²) in [6.07, 6.45) is 1.58. The van der Waals surface area contributed by atoms with E-state index < -0.39 is 0 Å². The van der Waals surface area contributed by atoms with Crippen molar-refractivity contribution in [1.29, 1.82) is 0 Å². The third-order valence-electron chi connectivity index (χ3n) is 4.08. The van der Waals surface area contributed by atoms with Gasteiger partial charge in [-0.05, 0) is 25.5 Å². The molecule has 0 spiro atoms. The van der Waals surface area contributed by atoms with E-state index >= 15 is 0 Å². The Hall–Kier alpha value is -2.50. The molecule has 1 unspecified atom stereocenters. The third kappa shape index (κ3) is 3.31.